The maximum Gasteiger partial charge on any atom is 0.234 e. The van der Waals surface area contributed by atoms with Gasteiger partial charge in [-0.25, -0.2) is 0 Å². The fourth-order valence-corrected chi connectivity index (χ4v) is 4.05. The average Bonchev–Trinajstić information content (AvgIpc) is 3.15. The molecule has 0 radical (unpaired) electrons. The molecule has 3 aromatic rings. The van der Waals surface area contributed by atoms with Gasteiger partial charge in [0.15, 0.2) is 4.34 Å². The number of methoxy groups -OCH3 is 2. The monoisotopic (exact) mass is 436 g/mol. The van der Waals surface area contributed by atoms with Gasteiger partial charge in [-0.15, -0.1) is 10.2 Å². The number of para-hydroxylation sites is 1. The summed E-state index contributed by atoms with van der Waals surface area (Å²) in [5.74, 6) is 0.896. The van der Waals surface area contributed by atoms with Crippen LogP contribution < -0.4 is 20.1 Å². The molecule has 2 N–H and O–H groups in total. The highest BCUT2D eigenvalue weighted by Gasteiger charge is 2.14. The van der Waals surface area contributed by atoms with Gasteiger partial charge in [0, 0.05) is 11.8 Å². The van der Waals surface area contributed by atoms with Crippen LogP contribution in [0, 0.1) is 0 Å². The van der Waals surface area contributed by atoms with E-state index in [0.29, 0.717) is 31.7 Å². The van der Waals surface area contributed by atoms with Crippen LogP contribution >= 0.6 is 34.7 Å². The third-order valence-corrected chi connectivity index (χ3v) is 5.77. The minimum atomic E-state index is -0.211. The first-order valence-electron chi connectivity index (χ1n) is 8.09. The van der Waals surface area contributed by atoms with Gasteiger partial charge in [-0.3, -0.25) is 4.79 Å². The zero-order chi connectivity index (χ0) is 19.9. The first-order valence-corrected chi connectivity index (χ1v) is 10.3. The summed E-state index contributed by atoms with van der Waals surface area (Å²) in [6.45, 7) is 0. The van der Waals surface area contributed by atoms with Crippen LogP contribution in [0.5, 0.6) is 11.5 Å². The third-order valence-electron chi connectivity index (χ3n) is 3.51. The second-order valence-electron chi connectivity index (χ2n) is 5.39. The number of amides is 1. The lowest BCUT2D eigenvalue weighted by Gasteiger charge is -2.12. The minimum Gasteiger partial charge on any atom is -0.495 e. The molecule has 10 heteroatoms. The van der Waals surface area contributed by atoms with Gasteiger partial charge >= 0.3 is 0 Å². The van der Waals surface area contributed by atoms with E-state index in [1.54, 1.807) is 12.1 Å². The zero-order valence-corrected chi connectivity index (χ0v) is 17.5. The first kappa shape index (κ1) is 20.2. The minimum absolute atomic E-state index is 0.173. The van der Waals surface area contributed by atoms with Crippen molar-refractivity contribution in [2.45, 2.75) is 4.34 Å². The highest BCUT2D eigenvalue weighted by atomic mass is 35.5. The number of hydrogen-bond donors (Lipinski definition) is 2. The number of halogens is 1. The fourth-order valence-electron chi connectivity index (χ4n) is 2.23. The molecule has 3 rings (SSSR count). The predicted molar refractivity (Wildman–Crippen MR) is 114 cm³/mol. The van der Waals surface area contributed by atoms with Crippen LogP contribution in [0.25, 0.3) is 0 Å². The molecule has 0 bridgehead atoms. The Kier molecular flexibility index (Phi) is 6.96. The summed E-state index contributed by atoms with van der Waals surface area (Å²) in [4.78, 5) is 12.3. The van der Waals surface area contributed by atoms with E-state index in [2.05, 4.69) is 20.8 Å². The molecule has 0 unspecified atom stereocenters. The Morgan fingerprint density at radius 3 is 2.61 bits per heavy atom. The zero-order valence-electron chi connectivity index (χ0n) is 15.1. The van der Waals surface area contributed by atoms with Crippen molar-refractivity contribution in [3.05, 3.63) is 47.5 Å². The molecule has 7 nitrogen and oxygen atoms in total. The number of aromatic nitrogens is 2. The van der Waals surface area contributed by atoms with E-state index in [9.17, 15) is 4.79 Å². The molecule has 0 aliphatic heterocycles. The molecule has 0 spiro atoms. The van der Waals surface area contributed by atoms with Crippen molar-refractivity contribution in [2.24, 2.45) is 0 Å². The van der Waals surface area contributed by atoms with Crippen molar-refractivity contribution >= 4 is 57.1 Å². The van der Waals surface area contributed by atoms with Crippen LogP contribution in [0.15, 0.2) is 46.8 Å². The Morgan fingerprint density at radius 2 is 1.89 bits per heavy atom. The lowest BCUT2D eigenvalue weighted by atomic mass is 10.2. The molecule has 0 aliphatic rings. The molecular weight excluding hydrogens is 420 g/mol. The molecule has 1 aromatic heterocycles. The molecule has 2 aromatic carbocycles. The second kappa shape index (κ2) is 9.63. The van der Waals surface area contributed by atoms with Crippen molar-refractivity contribution in [3.8, 4) is 11.5 Å². The maximum absolute atomic E-state index is 12.3. The number of benzene rings is 2. The third kappa shape index (κ3) is 5.28. The van der Waals surface area contributed by atoms with Crippen molar-refractivity contribution in [1.82, 2.24) is 10.2 Å². The van der Waals surface area contributed by atoms with E-state index in [4.69, 9.17) is 21.1 Å². The summed E-state index contributed by atoms with van der Waals surface area (Å²) in [7, 11) is 3.02. The smallest absolute Gasteiger partial charge is 0.234 e. The van der Waals surface area contributed by atoms with Crippen molar-refractivity contribution in [1.29, 1.82) is 0 Å². The Hall–Kier alpha value is -2.49. The summed E-state index contributed by atoms with van der Waals surface area (Å²) >= 11 is 8.80. The van der Waals surface area contributed by atoms with Crippen molar-refractivity contribution < 1.29 is 14.3 Å². The Morgan fingerprint density at radius 1 is 1.14 bits per heavy atom. The molecule has 28 heavy (non-hydrogen) atoms. The van der Waals surface area contributed by atoms with Gasteiger partial charge in [-0.2, -0.15) is 0 Å². The number of thioether (sulfide) groups is 1. The lowest BCUT2D eigenvalue weighted by Crippen LogP contribution is -2.14. The summed E-state index contributed by atoms with van der Waals surface area (Å²) in [6.07, 6.45) is 0. The molecule has 1 amide bonds. The summed E-state index contributed by atoms with van der Waals surface area (Å²) in [5, 5.41) is 15.2. The summed E-state index contributed by atoms with van der Waals surface area (Å²) in [6, 6.07) is 12.9. The number of carbonyl (C=O) groups excluding carboxylic acids is 1. The van der Waals surface area contributed by atoms with E-state index in [0.717, 1.165) is 5.69 Å². The molecular formula is C18H17ClN4O3S2. The Bertz CT molecular complexity index is 953. The highest BCUT2D eigenvalue weighted by Crippen LogP contribution is 2.36. The predicted octanol–water partition coefficient (Wildman–Crippen LogP) is 4.68. The normalized spacial score (nSPS) is 10.4. The van der Waals surface area contributed by atoms with E-state index < -0.39 is 0 Å². The molecule has 0 saturated heterocycles. The Labute approximate surface area is 175 Å². The van der Waals surface area contributed by atoms with Gasteiger partial charge < -0.3 is 20.1 Å². The number of anilines is 3. The van der Waals surface area contributed by atoms with E-state index in [-0.39, 0.29) is 11.7 Å². The number of carbonyl (C=O) groups is 1. The van der Waals surface area contributed by atoms with Crippen LogP contribution in [0.2, 0.25) is 5.02 Å². The molecule has 0 saturated carbocycles. The van der Waals surface area contributed by atoms with Gasteiger partial charge in [0.1, 0.15) is 11.5 Å². The lowest BCUT2D eigenvalue weighted by molar-refractivity contribution is -0.113. The van der Waals surface area contributed by atoms with E-state index >= 15 is 0 Å². The molecule has 0 aliphatic carbocycles. The molecule has 0 fully saturated rings. The van der Waals surface area contributed by atoms with Gasteiger partial charge in [0.2, 0.25) is 11.0 Å². The van der Waals surface area contributed by atoms with E-state index in [1.807, 2.05) is 30.3 Å². The maximum atomic E-state index is 12.3. The number of nitrogens with one attached hydrogen (secondary N) is 2. The molecule has 146 valence electrons. The van der Waals surface area contributed by atoms with Crippen molar-refractivity contribution in [3.63, 3.8) is 0 Å². The number of hydrogen-bond acceptors (Lipinski definition) is 8. The molecule has 0 atom stereocenters. The summed E-state index contributed by atoms with van der Waals surface area (Å²) in [5.41, 5.74) is 1.40. The van der Waals surface area contributed by atoms with Gasteiger partial charge in [-0.05, 0) is 18.2 Å². The van der Waals surface area contributed by atoms with Crippen molar-refractivity contribution in [2.75, 3.05) is 30.6 Å². The standard InChI is InChI=1S/C18H17ClN4O3S2/c1-25-14-9-15(26-2)13(8-12(14)19)21-16(24)10-27-18-23-22-17(28-18)20-11-6-4-3-5-7-11/h3-9H,10H2,1-2H3,(H,20,22)(H,21,24). The average molecular weight is 437 g/mol. The number of rotatable bonds is 8. The van der Waals surface area contributed by atoms with Crippen LogP contribution in [0.4, 0.5) is 16.5 Å². The topological polar surface area (TPSA) is 85.4 Å². The first-order chi connectivity index (χ1) is 13.6. The van der Waals surface area contributed by atoms with Crippen LogP contribution in [-0.4, -0.2) is 36.1 Å². The second-order valence-corrected chi connectivity index (χ2v) is 8.00. The van der Waals surface area contributed by atoms with Crippen LogP contribution in [0.1, 0.15) is 0 Å². The SMILES string of the molecule is COc1cc(OC)c(NC(=O)CSc2nnc(Nc3ccccc3)s2)cc1Cl. The largest absolute Gasteiger partial charge is 0.495 e. The number of ether oxygens (including phenoxy) is 2. The van der Waals surface area contributed by atoms with Crippen LogP contribution in [-0.2, 0) is 4.79 Å². The fraction of sp³-hybridized carbons (Fsp3) is 0.167. The van der Waals surface area contributed by atoms with Gasteiger partial charge in [0.05, 0.1) is 30.7 Å². The van der Waals surface area contributed by atoms with Crippen LogP contribution in [0.3, 0.4) is 0 Å². The molecule has 1 heterocycles. The van der Waals surface area contributed by atoms with Gasteiger partial charge in [-0.1, -0.05) is 52.9 Å². The van der Waals surface area contributed by atoms with E-state index in [1.165, 1.54) is 37.3 Å². The summed E-state index contributed by atoms with van der Waals surface area (Å²) < 4.78 is 11.1. The van der Waals surface area contributed by atoms with Gasteiger partial charge in [0.25, 0.3) is 0 Å². The Balaban J connectivity index is 1.57. The quantitative estimate of drug-likeness (QED) is 0.495. The number of nitrogens with zero attached hydrogens (tertiary/aromatic N) is 2. The highest BCUT2D eigenvalue weighted by molar-refractivity contribution is 8.01.